The Morgan fingerprint density at radius 1 is 0.964 bits per heavy atom. The molecule has 1 unspecified atom stereocenters. The molecule has 1 heterocycles. The third kappa shape index (κ3) is 3.24. The first-order valence-corrected chi connectivity index (χ1v) is 10.2. The summed E-state index contributed by atoms with van der Waals surface area (Å²) >= 11 is 0. The molecule has 4 nitrogen and oxygen atoms in total. The van der Waals surface area contributed by atoms with E-state index in [1.165, 1.54) is 22.4 Å². The van der Waals surface area contributed by atoms with E-state index in [2.05, 4.69) is 58.4 Å². The van der Waals surface area contributed by atoms with E-state index in [9.17, 15) is 4.79 Å². The molecule has 1 amide bonds. The SMILES string of the molecule is Cc1ccc(-c2ccc(C(=O)N(C3CC3)C3CCc4[nH]ncc4C3)cc2)cc1. The van der Waals surface area contributed by atoms with Gasteiger partial charge in [0.1, 0.15) is 0 Å². The molecule has 0 spiro atoms. The van der Waals surface area contributed by atoms with Crippen molar-refractivity contribution >= 4 is 5.91 Å². The summed E-state index contributed by atoms with van der Waals surface area (Å²) < 4.78 is 0. The van der Waals surface area contributed by atoms with Crippen LogP contribution in [0, 0.1) is 6.92 Å². The van der Waals surface area contributed by atoms with Gasteiger partial charge in [-0.25, -0.2) is 0 Å². The minimum atomic E-state index is 0.176. The molecule has 3 aromatic rings. The van der Waals surface area contributed by atoms with Crippen molar-refractivity contribution in [2.24, 2.45) is 0 Å². The van der Waals surface area contributed by atoms with Gasteiger partial charge in [-0.2, -0.15) is 5.10 Å². The highest BCUT2D eigenvalue weighted by Gasteiger charge is 2.39. The molecule has 4 heteroatoms. The summed E-state index contributed by atoms with van der Waals surface area (Å²) in [6, 6.07) is 17.3. The molecule has 1 atom stereocenters. The number of benzene rings is 2. The second kappa shape index (κ2) is 6.93. The number of hydrogen-bond donors (Lipinski definition) is 1. The van der Waals surface area contributed by atoms with Gasteiger partial charge in [0.25, 0.3) is 5.91 Å². The number of fused-ring (bicyclic) bond motifs is 1. The molecule has 0 saturated heterocycles. The summed E-state index contributed by atoms with van der Waals surface area (Å²) in [5, 5.41) is 7.27. The van der Waals surface area contributed by atoms with Gasteiger partial charge >= 0.3 is 0 Å². The second-order valence-electron chi connectivity index (χ2n) is 8.16. The lowest BCUT2D eigenvalue weighted by atomic mass is 9.91. The third-order valence-corrected chi connectivity index (χ3v) is 6.08. The number of H-pyrrole nitrogens is 1. The molecule has 1 aromatic heterocycles. The van der Waals surface area contributed by atoms with Crippen LogP contribution in [0.25, 0.3) is 11.1 Å². The molecule has 5 rings (SSSR count). The molecule has 2 aliphatic carbocycles. The molecule has 2 aliphatic rings. The fourth-order valence-electron chi connectivity index (χ4n) is 4.32. The van der Waals surface area contributed by atoms with Crippen LogP contribution in [0.1, 0.15) is 46.4 Å². The monoisotopic (exact) mass is 371 g/mol. The number of amides is 1. The summed E-state index contributed by atoms with van der Waals surface area (Å²) in [6.07, 6.45) is 7.08. The van der Waals surface area contributed by atoms with E-state index in [0.717, 1.165) is 43.2 Å². The lowest BCUT2D eigenvalue weighted by Crippen LogP contribution is -2.44. The third-order valence-electron chi connectivity index (χ3n) is 6.08. The number of carbonyl (C=O) groups excluding carboxylic acids is 1. The summed E-state index contributed by atoms with van der Waals surface area (Å²) in [5.41, 5.74) is 6.88. The van der Waals surface area contributed by atoms with Crippen LogP contribution in [0.4, 0.5) is 0 Å². The fraction of sp³-hybridized carbons (Fsp3) is 0.333. The molecule has 142 valence electrons. The van der Waals surface area contributed by atoms with Gasteiger partial charge in [-0.3, -0.25) is 9.89 Å². The highest BCUT2D eigenvalue weighted by atomic mass is 16.2. The van der Waals surface area contributed by atoms with Gasteiger partial charge in [0.05, 0.1) is 6.20 Å². The van der Waals surface area contributed by atoms with E-state index in [-0.39, 0.29) is 11.9 Å². The Kier molecular flexibility index (Phi) is 4.27. The Balaban J connectivity index is 1.37. The van der Waals surface area contributed by atoms with E-state index in [1.54, 1.807) is 0 Å². The number of rotatable bonds is 4. The van der Waals surface area contributed by atoms with Crippen molar-refractivity contribution in [1.82, 2.24) is 15.1 Å². The van der Waals surface area contributed by atoms with Crippen LogP contribution in [0.3, 0.4) is 0 Å². The van der Waals surface area contributed by atoms with E-state index in [4.69, 9.17) is 0 Å². The number of aromatic nitrogens is 2. The highest BCUT2D eigenvalue weighted by Crippen LogP contribution is 2.34. The van der Waals surface area contributed by atoms with Crippen LogP contribution < -0.4 is 0 Å². The quantitative estimate of drug-likeness (QED) is 0.731. The zero-order valence-electron chi connectivity index (χ0n) is 16.2. The maximum atomic E-state index is 13.4. The Hall–Kier alpha value is -2.88. The molecule has 2 aromatic carbocycles. The Bertz CT molecular complexity index is 983. The average Bonchev–Trinajstić information content (AvgIpc) is 3.44. The fourth-order valence-corrected chi connectivity index (χ4v) is 4.32. The molecular formula is C24H25N3O. The van der Waals surface area contributed by atoms with Crippen molar-refractivity contribution in [3.8, 4) is 11.1 Å². The van der Waals surface area contributed by atoms with Gasteiger partial charge in [-0.05, 0) is 67.9 Å². The molecule has 1 fully saturated rings. The lowest BCUT2D eigenvalue weighted by molar-refractivity contribution is 0.0643. The number of nitrogens with zero attached hydrogens (tertiary/aromatic N) is 2. The van der Waals surface area contributed by atoms with Crippen LogP contribution in [-0.4, -0.2) is 33.1 Å². The Labute approximate surface area is 165 Å². The van der Waals surface area contributed by atoms with Crippen molar-refractivity contribution < 1.29 is 4.79 Å². The normalized spacial score (nSPS) is 18.5. The van der Waals surface area contributed by atoms with Crippen LogP contribution in [0.15, 0.2) is 54.7 Å². The first-order chi connectivity index (χ1) is 13.7. The van der Waals surface area contributed by atoms with Crippen molar-refractivity contribution in [3.63, 3.8) is 0 Å². The van der Waals surface area contributed by atoms with Crippen molar-refractivity contribution in [1.29, 1.82) is 0 Å². The Morgan fingerprint density at radius 3 is 2.32 bits per heavy atom. The van der Waals surface area contributed by atoms with Gasteiger partial charge in [-0.1, -0.05) is 42.0 Å². The molecule has 28 heavy (non-hydrogen) atoms. The van der Waals surface area contributed by atoms with Crippen molar-refractivity contribution in [3.05, 3.63) is 77.1 Å². The first-order valence-electron chi connectivity index (χ1n) is 10.2. The van der Waals surface area contributed by atoms with Gasteiger partial charge in [0.2, 0.25) is 0 Å². The standard InChI is InChI=1S/C24H25N3O/c1-16-2-4-17(5-3-16)18-6-8-19(9-7-18)24(28)27(21-10-11-21)22-12-13-23-20(14-22)15-25-26-23/h2-9,15,21-22H,10-14H2,1H3,(H,25,26). The van der Waals surface area contributed by atoms with Gasteiger partial charge in [-0.15, -0.1) is 0 Å². The zero-order valence-corrected chi connectivity index (χ0v) is 16.2. The predicted octanol–water partition coefficient (Wildman–Crippen LogP) is 4.55. The summed E-state index contributed by atoms with van der Waals surface area (Å²) in [5.74, 6) is 0.176. The zero-order chi connectivity index (χ0) is 19.1. The molecule has 0 bridgehead atoms. The van der Waals surface area contributed by atoms with Gasteiger partial charge in [0.15, 0.2) is 0 Å². The van der Waals surface area contributed by atoms with E-state index in [0.29, 0.717) is 6.04 Å². The van der Waals surface area contributed by atoms with E-state index in [1.807, 2.05) is 18.3 Å². The predicted molar refractivity (Wildman–Crippen MR) is 110 cm³/mol. The maximum Gasteiger partial charge on any atom is 0.254 e. The summed E-state index contributed by atoms with van der Waals surface area (Å²) in [4.78, 5) is 15.5. The summed E-state index contributed by atoms with van der Waals surface area (Å²) in [7, 11) is 0. The molecule has 1 N–H and O–H groups in total. The van der Waals surface area contributed by atoms with Crippen LogP contribution >= 0.6 is 0 Å². The van der Waals surface area contributed by atoms with E-state index >= 15 is 0 Å². The maximum absolute atomic E-state index is 13.4. The Morgan fingerprint density at radius 2 is 1.64 bits per heavy atom. The molecule has 1 saturated carbocycles. The van der Waals surface area contributed by atoms with E-state index < -0.39 is 0 Å². The molecular weight excluding hydrogens is 346 g/mol. The van der Waals surface area contributed by atoms with Gasteiger partial charge in [0, 0.05) is 23.3 Å². The highest BCUT2D eigenvalue weighted by molar-refractivity contribution is 5.95. The van der Waals surface area contributed by atoms with Gasteiger partial charge < -0.3 is 4.90 Å². The van der Waals surface area contributed by atoms with Crippen LogP contribution in [0.5, 0.6) is 0 Å². The number of aryl methyl sites for hydroxylation is 2. The first kappa shape index (κ1) is 17.2. The van der Waals surface area contributed by atoms with Crippen LogP contribution in [-0.2, 0) is 12.8 Å². The lowest BCUT2D eigenvalue weighted by Gasteiger charge is -2.34. The number of carbonyl (C=O) groups is 1. The second-order valence-corrected chi connectivity index (χ2v) is 8.16. The van der Waals surface area contributed by atoms with Crippen molar-refractivity contribution in [2.75, 3.05) is 0 Å². The minimum absolute atomic E-state index is 0.176. The minimum Gasteiger partial charge on any atom is -0.332 e. The van der Waals surface area contributed by atoms with Crippen molar-refractivity contribution in [2.45, 2.75) is 51.1 Å². The molecule has 0 radical (unpaired) electrons. The summed E-state index contributed by atoms with van der Waals surface area (Å²) in [6.45, 7) is 2.09. The smallest absolute Gasteiger partial charge is 0.254 e. The number of nitrogens with one attached hydrogen (secondary N) is 1. The molecule has 0 aliphatic heterocycles. The number of hydrogen-bond acceptors (Lipinski definition) is 2. The van der Waals surface area contributed by atoms with Crippen LogP contribution in [0.2, 0.25) is 0 Å². The number of aromatic amines is 1. The topological polar surface area (TPSA) is 49.0 Å². The largest absolute Gasteiger partial charge is 0.332 e. The average molecular weight is 371 g/mol.